The number of hydrogen-bond acceptors (Lipinski definition) is 6. The maximum atomic E-state index is 9.35. The molecule has 1 N–H and O–H groups in total. The molecule has 154 valence electrons. The zero-order valence-electron chi connectivity index (χ0n) is 17.4. The van der Waals surface area contributed by atoms with E-state index >= 15 is 0 Å². The van der Waals surface area contributed by atoms with Gasteiger partial charge in [-0.05, 0) is 50.1 Å². The van der Waals surface area contributed by atoms with Crippen LogP contribution in [0.3, 0.4) is 0 Å². The maximum absolute atomic E-state index is 9.35. The SMILES string of the molecule is Cc1c(C#N)cccc1[C@@H](C)Nc1nnc(C)c2cc(Cl)c(N3CCOCC3)cc12. The van der Waals surface area contributed by atoms with E-state index in [1.807, 2.05) is 38.1 Å². The van der Waals surface area contributed by atoms with E-state index in [9.17, 15) is 5.26 Å². The van der Waals surface area contributed by atoms with Crippen LogP contribution < -0.4 is 10.2 Å². The number of rotatable bonds is 4. The summed E-state index contributed by atoms with van der Waals surface area (Å²) < 4.78 is 5.48. The van der Waals surface area contributed by atoms with Crippen LogP contribution in [0.5, 0.6) is 0 Å². The smallest absolute Gasteiger partial charge is 0.157 e. The van der Waals surface area contributed by atoms with E-state index in [0.717, 1.165) is 46.4 Å². The number of aryl methyl sites for hydroxylation is 1. The fraction of sp³-hybridized carbons (Fsp3) is 0.348. The topological polar surface area (TPSA) is 74.1 Å². The van der Waals surface area contributed by atoms with E-state index in [4.69, 9.17) is 16.3 Å². The van der Waals surface area contributed by atoms with Crippen LogP contribution in [-0.2, 0) is 4.74 Å². The van der Waals surface area contributed by atoms with Crippen LogP contribution >= 0.6 is 11.6 Å². The van der Waals surface area contributed by atoms with Crippen molar-refractivity contribution in [2.75, 3.05) is 36.5 Å². The molecule has 0 radical (unpaired) electrons. The second-order valence-corrected chi connectivity index (χ2v) is 7.99. The Kier molecular flexibility index (Phi) is 5.76. The molecule has 1 aliphatic rings. The fourth-order valence-corrected chi connectivity index (χ4v) is 4.25. The number of benzene rings is 2. The molecule has 3 aromatic rings. The third-order valence-electron chi connectivity index (χ3n) is 5.70. The van der Waals surface area contributed by atoms with Gasteiger partial charge in [-0.3, -0.25) is 0 Å². The minimum Gasteiger partial charge on any atom is -0.378 e. The molecule has 2 heterocycles. The third kappa shape index (κ3) is 3.79. The summed E-state index contributed by atoms with van der Waals surface area (Å²) in [6.45, 7) is 8.98. The largest absolute Gasteiger partial charge is 0.378 e. The van der Waals surface area contributed by atoms with Gasteiger partial charge in [0.2, 0.25) is 0 Å². The van der Waals surface area contributed by atoms with Crippen LogP contribution in [-0.4, -0.2) is 36.5 Å². The summed E-state index contributed by atoms with van der Waals surface area (Å²) in [6, 6.07) is 12.1. The van der Waals surface area contributed by atoms with E-state index in [1.165, 1.54) is 0 Å². The molecular formula is C23H24ClN5O. The zero-order chi connectivity index (χ0) is 21.3. The van der Waals surface area contributed by atoms with Crippen LogP contribution in [0.25, 0.3) is 10.8 Å². The Balaban J connectivity index is 1.75. The first-order valence-electron chi connectivity index (χ1n) is 10.0. The molecule has 0 saturated carbocycles. The number of nitrogens with one attached hydrogen (secondary N) is 1. The molecule has 0 aliphatic carbocycles. The van der Waals surface area contributed by atoms with Gasteiger partial charge < -0.3 is 15.0 Å². The first kappa shape index (κ1) is 20.4. The fourth-order valence-electron chi connectivity index (χ4n) is 3.97. The molecule has 1 saturated heterocycles. The Morgan fingerprint density at radius 2 is 1.93 bits per heavy atom. The van der Waals surface area contributed by atoms with Gasteiger partial charge in [0.05, 0.1) is 47.3 Å². The van der Waals surface area contributed by atoms with E-state index in [0.29, 0.717) is 29.6 Å². The molecule has 1 aliphatic heterocycles. The standard InChI is InChI=1S/C23H24ClN5O/c1-14-17(13-25)5-4-6-18(14)15(2)26-23-20-12-22(29-7-9-30-10-8-29)21(24)11-19(20)16(3)27-28-23/h4-6,11-12,15H,7-10H2,1-3H3,(H,26,28)/t15-/m1/s1. The van der Waals surface area contributed by atoms with E-state index in [1.54, 1.807) is 0 Å². The monoisotopic (exact) mass is 421 g/mol. The van der Waals surface area contributed by atoms with Crippen LogP contribution in [0.4, 0.5) is 11.5 Å². The molecule has 0 amide bonds. The Morgan fingerprint density at radius 3 is 2.67 bits per heavy atom. The van der Waals surface area contributed by atoms with Gasteiger partial charge in [-0.1, -0.05) is 23.7 Å². The lowest BCUT2D eigenvalue weighted by Gasteiger charge is -2.30. The van der Waals surface area contributed by atoms with Gasteiger partial charge in [0, 0.05) is 23.9 Å². The van der Waals surface area contributed by atoms with Gasteiger partial charge in [-0.15, -0.1) is 5.10 Å². The summed E-state index contributed by atoms with van der Waals surface area (Å²) in [7, 11) is 0. The van der Waals surface area contributed by atoms with Crippen molar-refractivity contribution >= 4 is 33.9 Å². The highest BCUT2D eigenvalue weighted by atomic mass is 35.5. The molecule has 1 fully saturated rings. The normalized spacial score (nSPS) is 15.1. The van der Waals surface area contributed by atoms with Crippen molar-refractivity contribution in [2.45, 2.75) is 26.8 Å². The highest BCUT2D eigenvalue weighted by molar-refractivity contribution is 6.34. The highest BCUT2D eigenvalue weighted by Crippen LogP contribution is 2.36. The first-order valence-corrected chi connectivity index (χ1v) is 10.4. The number of halogens is 1. The molecule has 2 aromatic carbocycles. The highest BCUT2D eigenvalue weighted by Gasteiger charge is 2.19. The number of hydrogen-bond donors (Lipinski definition) is 1. The van der Waals surface area contributed by atoms with Gasteiger partial charge in [0.1, 0.15) is 0 Å². The Labute approximate surface area is 181 Å². The predicted octanol–water partition coefficient (Wildman–Crippen LogP) is 4.78. The average Bonchev–Trinajstić information content (AvgIpc) is 2.76. The Bertz CT molecular complexity index is 1130. The van der Waals surface area contributed by atoms with Crippen molar-refractivity contribution in [2.24, 2.45) is 0 Å². The van der Waals surface area contributed by atoms with E-state index in [2.05, 4.69) is 39.5 Å². The van der Waals surface area contributed by atoms with Crippen LogP contribution in [0, 0.1) is 25.2 Å². The summed E-state index contributed by atoms with van der Waals surface area (Å²) in [5.41, 5.74) is 4.54. The molecule has 30 heavy (non-hydrogen) atoms. The number of fused-ring (bicyclic) bond motifs is 1. The molecule has 1 atom stereocenters. The molecule has 4 rings (SSSR count). The summed E-state index contributed by atoms with van der Waals surface area (Å²) in [5.74, 6) is 0.705. The minimum atomic E-state index is -0.0407. The van der Waals surface area contributed by atoms with Crippen LogP contribution in [0.15, 0.2) is 30.3 Å². The summed E-state index contributed by atoms with van der Waals surface area (Å²) >= 11 is 6.63. The number of nitriles is 1. The quantitative estimate of drug-likeness (QED) is 0.653. The van der Waals surface area contributed by atoms with Crippen molar-refractivity contribution in [1.29, 1.82) is 5.26 Å². The van der Waals surface area contributed by atoms with Crippen molar-refractivity contribution in [3.05, 3.63) is 57.7 Å². The van der Waals surface area contributed by atoms with Crippen LogP contribution in [0.2, 0.25) is 5.02 Å². The van der Waals surface area contributed by atoms with E-state index in [-0.39, 0.29) is 6.04 Å². The lowest BCUT2D eigenvalue weighted by atomic mass is 9.98. The van der Waals surface area contributed by atoms with Crippen LogP contribution in [0.1, 0.15) is 35.3 Å². The average molecular weight is 422 g/mol. The number of nitrogens with zero attached hydrogens (tertiary/aromatic N) is 4. The summed E-state index contributed by atoms with van der Waals surface area (Å²) in [4.78, 5) is 2.24. The van der Waals surface area contributed by atoms with Gasteiger partial charge in [0.25, 0.3) is 0 Å². The van der Waals surface area contributed by atoms with Gasteiger partial charge >= 0.3 is 0 Å². The Hall–Kier alpha value is -2.88. The zero-order valence-corrected chi connectivity index (χ0v) is 18.1. The number of morpholine rings is 1. The first-order chi connectivity index (χ1) is 14.5. The van der Waals surface area contributed by atoms with Gasteiger partial charge in [-0.25, -0.2) is 0 Å². The summed E-state index contributed by atoms with van der Waals surface area (Å²) in [6.07, 6.45) is 0. The molecule has 7 heteroatoms. The lowest BCUT2D eigenvalue weighted by Crippen LogP contribution is -2.36. The molecule has 0 unspecified atom stereocenters. The molecule has 0 bridgehead atoms. The van der Waals surface area contributed by atoms with Crippen molar-refractivity contribution in [1.82, 2.24) is 10.2 Å². The molecule has 6 nitrogen and oxygen atoms in total. The number of anilines is 2. The number of aromatic nitrogens is 2. The van der Waals surface area contributed by atoms with Crippen molar-refractivity contribution in [3.8, 4) is 6.07 Å². The second kappa shape index (κ2) is 8.47. The lowest BCUT2D eigenvalue weighted by molar-refractivity contribution is 0.122. The molecule has 0 spiro atoms. The van der Waals surface area contributed by atoms with E-state index < -0.39 is 0 Å². The van der Waals surface area contributed by atoms with Gasteiger partial charge in [-0.2, -0.15) is 10.4 Å². The molecule has 1 aromatic heterocycles. The summed E-state index contributed by atoms with van der Waals surface area (Å²) in [5, 5.41) is 24.3. The second-order valence-electron chi connectivity index (χ2n) is 7.58. The number of ether oxygens (including phenoxy) is 1. The van der Waals surface area contributed by atoms with Crippen molar-refractivity contribution in [3.63, 3.8) is 0 Å². The maximum Gasteiger partial charge on any atom is 0.157 e. The van der Waals surface area contributed by atoms with Crippen molar-refractivity contribution < 1.29 is 4.74 Å². The molecular weight excluding hydrogens is 398 g/mol. The minimum absolute atomic E-state index is 0.0407. The predicted molar refractivity (Wildman–Crippen MR) is 120 cm³/mol. The van der Waals surface area contributed by atoms with Gasteiger partial charge in [0.15, 0.2) is 5.82 Å². The Morgan fingerprint density at radius 1 is 1.17 bits per heavy atom. The third-order valence-corrected chi connectivity index (χ3v) is 6.00.